The maximum atomic E-state index is 12.5. The number of ether oxygens (including phenoxy) is 2. The quantitative estimate of drug-likeness (QED) is 0.202. The molecule has 0 aromatic heterocycles. The average Bonchev–Trinajstić information content (AvgIpc) is 2.72. The average molecular weight is 470 g/mol. The molecule has 1 N–H and O–H groups in total. The molecule has 0 saturated carbocycles. The van der Waals surface area contributed by atoms with Crippen molar-refractivity contribution in [1.29, 1.82) is 5.26 Å². The Balaban J connectivity index is 2.34. The predicted molar refractivity (Wildman–Crippen MR) is 115 cm³/mol. The summed E-state index contributed by atoms with van der Waals surface area (Å²) >= 11 is 3.38. The van der Waals surface area contributed by atoms with Crippen molar-refractivity contribution in [2.45, 2.75) is 6.92 Å². The van der Waals surface area contributed by atoms with Crippen molar-refractivity contribution in [2.75, 3.05) is 18.5 Å². The highest BCUT2D eigenvalue weighted by molar-refractivity contribution is 9.10. The van der Waals surface area contributed by atoms with Crippen LogP contribution in [0.25, 0.3) is 6.08 Å². The summed E-state index contributed by atoms with van der Waals surface area (Å²) in [7, 11) is 0. The van der Waals surface area contributed by atoms with Gasteiger partial charge in [-0.3, -0.25) is 14.9 Å². The van der Waals surface area contributed by atoms with Gasteiger partial charge < -0.3 is 14.8 Å². The monoisotopic (exact) mass is 469 g/mol. The number of benzene rings is 2. The van der Waals surface area contributed by atoms with E-state index in [2.05, 4.69) is 27.2 Å². The molecule has 9 heteroatoms. The minimum absolute atomic E-state index is 0.0523. The van der Waals surface area contributed by atoms with Gasteiger partial charge in [0.2, 0.25) is 0 Å². The minimum Gasteiger partial charge on any atom is -0.490 e. The number of terminal acetylenes is 1. The van der Waals surface area contributed by atoms with E-state index in [0.29, 0.717) is 28.1 Å². The SMILES string of the molecule is C#CCOc1cc(Br)c(/C=C(\C#N)C(=O)Nc2cccc([N+](=O)[O-])c2)cc1OCC. The van der Waals surface area contributed by atoms with Gasteiger partial charge in [-0.25, -0.2) is 0 Å². The molecule has 0 heterocycles. The Kier molecular flexibility index (Phi) is 7.98. The van der Waals surface area contributed by atoms with Crippen LogP contribution in [-0.4, -0.2) is 24.0 Å². The van der Waals surface area contributed by atoms with Crippen LogP contribution in [0.5, 0.6) is 11.5 Å². The fraction of sp³-hybridized carbons (Fsp3) is 0.143. The molecule has 0 bridgehead atoms. The van der Waals surface area contributed by atoms with Gasteiger partial charge in [0.05, 0.1) is 11.5 Å². The van der Waals surface area contributed by atoms with Crippen LogP contribution in [0.15, 0.2) is 46.4 Å². The first-order valence-corrected chi connectivity index (χ1v) is 9.39. The molecule has 0 aliphatic heterocycles. The number of halogens is 1. The Morgan fingerprint density at radius 1 is 1.33 bits per heavy atom. The molecule has 2 rings (SSSR count). The van der Waals surface area contributed by atoms with Crippen LogP contribution in [0.2, 0.25) is 0 Å². The summed E-state index contributed by atoms with van der Waals surface area (Å²) in [6.07, 6.45) is 6.59. The van der Waals surface area contributed by atoms with E-state index < -0.39 is 10.8 Å². The Morgan fingerprint density at radius 3 is 2.70 bits per heavy atom. The van der Waals surface area contributed by atoms with Crippen LogP contribution in [0, 0.1) is 33.8 Å². The third kappa shape index (κ3) is 5.84. The molecule has 30 heavy (non-hydrogen) atoms. The summed E-state index contributed by atoms with van der Waals surface area (Å²) in [6, 6.07) is 10.5. The molecular weight excluding hydrogens is 454 g/mol. The van der Waals surface area contributed by atoms with E-state index in [4.69, 9.17) is 15.9 Å². The van der Waals surface area contributed by atoms with Crippen molar-refractivity contribution in [2.24, 2.45) is 0 Å². The number of rotatable bonds is 8. The minimum atomic E-state index is -0.712. The Labute approximate surface area is 181 Å². The van der Waals surface area contributed by atoms with Crippen molar-refractivity contribution in [3.63, 3.8) is 0 Å². The Morgan fingerprint density at radius 2 is 2.07 bits per heavy atom. The number of non-ortho nitro benzene ring substituents is 1. The summed E-state index contributed by atoms with van der Waals surface area (Å²) in [5.41, 5.74) is 0.309. The van der Waals surface area contributed by atoms with Gasteiger partial charge in [0.15, 0.2) is 11.5 Å². The second-order valence-electron chi connectivity index (χ2n) is 5.68. The number of nitrogens with zero attached hydrogens (tertiary/aromatic N) is 2. The molecule has 0 spiro atoms. The molecular formula is C21H16BrN3O5. The van der Waals surface area contributed by atoms with E-state index in [1.54, 1.807) is 19.1 Å². The number of hydrogen-bond acceptors (Lipinski definition) is 6. The largest absolute Gasteiger partial charge is 0.490 e. The van der Waals surface area contributed by atoms with Crippen molar-refractivity contribution >= 4 is 39.3 Å². The number of carbonyl (C=O) groups is 1. The van der Waals surface area contributed by atoms with Gasteiger partial charge in [-0.05, 0) is 36.8 Å². The molecule has 0 saturated heterocycles. The van der Waals surface area contributed by atoms with Crippen LogP contribution >= 0.6 is 15.9 Å². The predicted octanol–water partition coefficient (Wildman–Crippen LogP) is 4.31. The number of nitro groups is 1. The van der Waals surface area contributed by atoms with Gasteiger partial charge in [-0.1, -0.05) is 27.9 Å². The topological polar surface area (TPSA) is 114 Å². The third-order valence-corrected chi connectivity index (χ3v) is 4.34. The van der Waals surface area contributed by atoms with Crippen molar-refractivity contribution in [3.05, 3.63) is 62.1 Å². The van der Waals surface area contributed by atoms with Gasteiger partial charge in [0, 0.05) is 22.3 Å². The van der Waals surface area contributed by atoms with Crippen LogP contribution in [-0.2, 0) is 4.79 Å². The van der Waals surface area contributed by atoms with Crippen molar-refractivity contribution in [3.8, 4) is 29.9 Å². The Hall–Kier alpha value is -3.82. The molecule has 152 valence electrons. The van der Waals surface area contributed by atoms with Crippen LogP contribution < -0.4 is 14.8 Å². The van der Waals surface area contributed by atoms with Gasteiger partial charge in [0.25, 0.3) is 11.6 Å². The smallest absolute Gasteiger partial charge is 0.271 e. The number of amides is 1. The van der Waals surface area contributed by atoms with E-state index in [0.717, 1.165) is 0 Å². The molecule has 0 aliphatic carbocycles. The highest BCUT2D eigenvalue weighted by Gasteiger charge is 2.15. The lowest BCUT2D eigenvalue weighted by Gasteiger charge is -2.13. The van der Waals surface area contributed by atoms with Crippen LogP contribution in [0.1, 0.15) is 12.5 Å². The maximum absolute atomic E-state index is 12.5. The first kappa shape index (κ1) is 22.5. The van der Waals surface area contributed by atoms with Crippen molar-refractivity contribution < 1.29 is 19.2 Å². The fourth-order valence-electron chi connectivity index (χ4n) is 2.36. The third-order valence-electron chi connectivity index (χ3n) is 3.65. The lowest BCUT2D eigenvalue weighted by atomic mass is 10.1. The molecule has 0 fully saturated rings. The molecule has 2 aromatic rings. The van der Waals surface area contributed by atoms with Gasteiger partial charge in [0.1, 0.15) is 18.2 Å². The van der Waals surface area contributed by atoms with Crippen LogP contribution in [0.4, 0.5) is 11.4 Å². The zero-order valence-electron chi connectivity index (χ0n) is 15.8. The summed E-state index contributed by atoms with van der Waals surface area (Å²) in [4.78, 5) is 22.8. The lowest BCUT2D eigenvalue weighted by molar-refractivity contribution is -0.384. The van der Waals surface area contributed by atoms with E-state index in [1.165, 1.54) is 30.3 Å². The second-order valence-corrected chi connectivity index (χ2v) is 6.53. The summed E-state index contributed by atoms with van der Waals surface area (Å²) in [5.74, 6) is 2.47. The fourth-order valence-corrected chi connectivity index (χ4v) is 2.80. The summed E-state index contributed by atoms with van der Waals surface area (Å²) in [6.45, 7) is 2.22. The molecule has 0 unspecified atom stereocenters. The highest BCUT2D eigenvalue weighted by Crippen LogP contribution is 2.35. The second kappa shape index (κ2) is 10.6. The zero-order valence-corrected chi connectivity index (χ0v) is 17.4. The van der Waals surface area contributed by atoms with Crippen LogP contribution in [0.3, 0.4) is 0 Å². The molecule has 8 nitrogen and oxygen atoms in total. The maximum Gasteiger partial charge on any atom is 0.271 e. The van der Waals surface area contributed by atoms with Gasteiger partial charge in [-0.2, -0.15) is 5.26 Å². The first-order chi connectivity index (χ1) is 14.4. The number of anilines is 1. The van der Waals surface area contributed by atoms with E-state index in [9.17, 15) is 20.2 Å². The first-order valence-electron chi connectivity index (χ1n) is 8.59. The van der Waals surface area contributed by atoms with Gasteiger partial charge >= 0.3 is 0 Å². The highest BCUT2D eigenvalue weighted by atomic mass is 79.9. The number of hydrogen-bond donors (Lipinski definition) is 1. The summed E-state index contributed by atoms with van der Waals surface area (Å²) < 4.78 is 11.5. The Bertz CT molecular complexity index is 1080. The number of nitriles is 1. The molecule has 0 aliphatic rings. The molecule has 0 atom stereocenters. The molecule has 0 radical (unpaired) electrons. The lowest BCUT2D eigenvalue weighted by Crippen LogP contribution is -2.13. The number of nitro benzene ring substituents is 1. The standard InChI is InChI=1S/C21H16BrN3O5/c1-3-8-30-20-12-18(22)14(10-19(20)29-4-2)9-15(13-23)21(26)24-16-6-5-7-17(11-16)25(27)28/h1,5-7,9-12H,4,8H2,2H3,(H,24,26)/b15-9+. The van der Waals surface area contributed by atoms with E-state index in [1.807, 2.05) is 6.07 Å². The van der Waals surface area contributed by atoms with Gasteiger partial charge in [-0.15, -0.1) is 6.42 Å². The van der Waals surface area contributed by atoms with E-state index in [-0.39, 0.29) is 23.6 Å². The number of nitrogens with one attached hydrogen (secondary N) is 1. The molecule has 1 amide bonds. The normalized spacial score (nSPS) is 10.5. The number of carbonyl (C=O) groups excluding carboxylic acids is 1. The zero-order chi connectivity index (χ0) is 22.1. The summed E-state index contributed by atoms with van der Waals surface area (Å²) in [5, 5.41) is 22.8. The van der Waals surface area contributed by atoms with E-state index >= 15 is 0 Å². The van der Waals surface area contributed by atoms with Crippen molar-refractivity contribution in [1.82, 2.24) is 0 Å². The molecule has 2 aromatic carbocycles.